The monoisotopic (exact) mass is 281 g/mol. The van der Waals surface area contributed by atoms with Crippen LogP contribution in [0.3, 0.4) is 0 Å². The van der Waals surface area contributed by atoms with Gasteiger partial charge >= 0.3 is 0 Å². The van der Waals surface area contributed by atoms with E-state index in [4.69, 9.17) is 0 Å². The standard InChI is InChI=1S/C15H31N3Si/c1-13-7-4-10-16(13)19(17-11-5-8-14(17)2)18-12-6-9-15(18)3/h13-15,19H,4-12H2,1-3H3. The lowest BCUT2D eigenvalue weighted by Crippen LogP contribution is -2.65. The molecule has 3 fully saturated rings. The van der Waals surface area contributed by atoms with E-state index in [0.29, 0.717) is 0 Å². The molecule has 0 bridgehead atoms. The highest BCUT2D eigenvalue weighted by atomic mass is 28.3. The lowest BCUT2D eigenvalue weighted by molar-refractivity contribution is 0.254. The van der Waals surface area contributed by atoms with Crippen molar-refractivity contribution in [3.05, 3.63) is 0 Å². The Balaban J connectivity index is 1.82. The van der Waals surface area contributed by atoms with Gasteiger partial charge in [-0.2, -0.15) is 0 Å². The van der Waals surface area contributed by atoms with Gasteiger partial charge in [-0.15, -0.1) is 0 Å². The lowest BCUT2D eigenvalue weighted by atomic mass is 10.3. The maximum absolute atomic E-state index is 2.93. The van der Waals surface area contributed by atoms with Crippen LogP contribution in [0.1, 0.15) is 59.3 Å². The molecule has 0 amide bonds. The first-order chi connectivity index (χ1) is 9.18. The van der Waals surface area contributed by atoms with Crippen LogP contribution in [0.2, 0.25) is 0 Å². The van der Waals surface area contributed by atoms with Gasteiger partial charge in [-0.25, -0.2) is 0 Å². The second-order valence-corrected chi connectivity index (χ2v) is 9.72. The van der Waals surface area contributed by atoms with E-state index < -0.39 is 9.28 Å². The Bertz CT molecular complexity index is 264. The summed E-state index contributed by atoms with van der Waals surface area (Å²) in [5.74, 6) is 0. The van der Waals surface area contributed by atoms with Crippen molar-refractivity contribution in [2.45, 2.75) is 77.4 Å². The van der Waals surface area contributed by atoms with Gasteiger partial charge in [-0.3, -0.25) is 13.7 Å². The zero-order valence-corrected chi connectivity index (χ0v) is 14.2. The molecular formula is C15H31N3Si. The molecule has 3 unspecified atom stereocenters. The minimum Gasteiger partial charge on any atom is -0.299 e. The molecule has 0 aliphatic carbocycles. The van der Waals surface area contributed by atoms with Gasteiger partial charge in [-0.05, 0) is 58.2 Å². The summed E-state index contributed by atoms with van der Waals surface area (Å²) in [4.78, 5) is 0. The third-order valence-corrected chi connectivity index (χ3v) is 9.78. The highest BCUT2D eigenvalue weighted by Gasteiger charge is 2.43. The number of hydrogen-bond donors (Lipinski definition) is 0. The topological polar surface area (TPSA) is 9.72 Å². The largest absolute Gasteiger partial charge is 0.299 e. The Kier molecular flexibility index (Phi) is 4.32. The van der Waals surface area contributed by atoms with Crippen molar-refractivity contribution in [1.82, 2.24) is 13.7 Å². The van der Waals surface area contributed by atoms with Crippen molar-refractivity contribution in [1.29, 1.82) is 0 Å². The van der Waals surface area contributed by atoms with Gasteiger partial charge in [0.2, 0.25) is 0 Å². The first-order valence-corrected chi connectivity index (χ1v) is 10.0. The fourth-order valence-electron chi connectivity index (χ4n) is 4.47. The summed E-state index contributed by atoms with van der Waals surface area (Å²) in [5, 5.41) is 0. The van der Waals surface area contributed by atoms with Crippen molar-refractivity contribution in [2.24, 2.45) is 0 Å². The summed E-state index contributed by atoms with van der Waals surface area (Å²) in [7, 11) is -1.06. The normalized spacial score (nSPS) is 40.3. The zero-order valence-electron chi connectivity index (χ0n) is 13.0. The van der Waals surface area contributed by atoms with Gasteiger partial charge in [0, 0.05) is 18.1 Å². The average molecular weight is 282 g/mol. The molecule has 110 valence electrons. The molecule has 3 saturated heterocycles. The quantitative estimate of drug-likeness (QED) is 0.734. The summed E-state index contributed by atoms with van der Waals surface area (Å²) in [6.07, 6.45) is 8.55. The zero-order chi connectivity index (χ0) is 13.4. The van der Waals surface area contributed by atoms with E-state index in [1.807, 2.05) is 0 Å². The number of nitrogens with zero attached hydrogens (tertiary/aromatic N) is 3. The van der Waals surface area contributed by atoms with Crippen molar-refractivity contribution in [3.8, 4) is 0 Å². The fourth-order valence-corrected chi connectivity index (χ4v) is 8.66. The second kappa shape index (κ2) is 5.84. The summed E-state index contributed by atoms with van der Waals surface area (Å²) in [5.41, 5.74) is 0. The van der Waals surface area contributed by atoms with Crippen LogP contribution < -0.4 is 0 Å². The molecule has 0 spiro atoms. The van der Waals surface area contributed by atoms with Crippen LogP contribution >= 0.6 is 0 Å². The third kappa shape index (κ3) is 2.65. The van der Waals surface area contributed by atoms with Crippen molar-refractivity contribution >= 4 is 9.28 Å². The highest BCUT2D eigenvalue weighted by molar-refractivity contribution is 6.50. The third-order valence-electron chi connectivity index (χ3n) is 5.70. The van der Waals surface area contributed by atoms with Crippen LogP contribution in [0, 0.1) is 0 Å². The molecule has 0 aromatic rings. The molecule has 0 aromatic heterocycles. The van der Waals surface area contributed by atoms with Crippen molar-refractivity contribution < 1.29 is 0 Å². The van der Waals surface area contributed by atoms with Crippen LogP contribution in [0.15, 0.2) is 0 Å². The fraction of sp³-hybridized carbons (Fsp3) is 1.00. The molecule has 0 radical (unpaired) electrons. The lowest BCUT2D eigenvalue weighted by Gasteiger charge is -2.45. The summed E-state index contributed by atoms with van der Waals surface area (Å²) < 4.78 is 8.80. The van der Waals surface area contributed by atoms with Gasteiger partial charge in [-0.1, -0.05) is 20.8 Å². The molecule has 4 heteroatoms. The van der Waals surface area contributed by atoms with Gasteiger partial charge in [0.05, 0.1) is 0 Å². The first kappa shape index (κ1) is 14.1. The molecule has 0 N–H and O–H groups in total. The van der Waals surface area contributed by atoms with Crippen LogP contribution in [0.4, 0.5) is 0 Å². The summed E-state index contributed by atoms with van der Waals surface area (Å²) in [6, 6.07) is 2.49. The van der Waals surface area contributed by atoms with Crippen molar-refractivity contribution in [3.63, 3.8) is 0 Å². The SMILES string of the molecule is CC1CCCN1[SiH](N1CCCC1C)N1CCCC1C. The van der Waals surface area contributed by atoms with E-state index in [0.717, 1.165) is 18.1 Å². The first-order valence-electron chi connectivity index (χ1n) is 8.45. The molecular weight excluding hydrogens is 250 g/mol. The van der Waals surface area contributed by atoms with E-state index >= 15 is 0 Å². The van der Waals surface area contributed by atoms with E-state index in [9.17, 15) is 0 Å². The molecule has 3 atom stereocenters. The van der Waals surface area contributed by atoms with Gasteiger partial charge in [0.25, 0.3) is 9.28 Å². The minimum atomic E-state index is -1.06. The van der Waals surface area contributed by atoms with Gasteiger partial charge in [0.1, 0.15) is 0 Å². The van der Waals surface area contributed by atoms with E-state index in [2.05, 4.69) is 34.5 Å². The molecule has 0 saturated carbocycles. The average Bonchev–Trinajstić information content (AvgIpc) is 3.07. The second-order valence-electron chi connectivity index (χ2n) is 7.03. The molecule has 3 aliphatic heterocycles. The van der Waals surface area contributed by atoms with Crippen LogP contribution in [-0.4, -0.2) is 60.7 Å². The van der Waals surface area contributed by atoms with Crippen LogP contribution in [0.5, 0.6) is 0 Å². The Morgan fingerprint density at radius 2 is 0.947 bits per heavy atom. The molecule has 0 aromatic carbocycles. The Hall–Kier alpha value is 0.0969. The van der Waals surface area contributed by atoms with Crippen molar-refractivity contribution in [2.75, 3.05) is 19.6 Å². The Morgan fingerprint density at radius 1 is 0.632 bits per heavy atom. The molecule has 3 nitrogen and oxygen atoms in total. The summed E-state index contributed by atoms with van der Waals surface area (Å²) in [6.45, 7) is 11.5. The predicted molar refractivity (Wildman–Crippen MR) is 83.4 cm³/mol. The van der Waals surface area contributed by atoms with Crippen LogP contribution in [-0.2, 0) is 0 Å². The predicted octanol–water partition coefficient (Wildman–Crippen LogP) is 2.16. The smallest absolute Gasteiger partial charge is 0.273 e. The maximum atomic E-state index is 2.93. The molecule has 3 rings (SSSR count). The minimum absolute atomic E-state index is 0.831. The Morgan fingerprint density at radius 3 is 1.16 bits per heavy atom. The van der Waals surface area contributed by atoms with Crippen LogP contribution in [0.25, 0.3) is 0 Å². The maximum Gasteiger partial charge on any atom is 0.273 e. The molecule has 3 aliphatic rings. The molecule has 19 heavy (non-hydrogen) atoms. The number of rotatable bonds is 3. The van der Waals surface area contributed by atoms with E-state index in [1.54, 1.807) is 0 Å². The van der Waals surface area contributed by atoms with E-state index in [1.165, 1.54) is 58.2 Å². The Labute approximate surface area is 120 Å². The summed E-state index contributed by atoms with van der Waals surface area (Å²) >= 11 is 0. The highest BCUT2D eigenvalue weighted by Crippen LogP contribution is 2.30. The number of hydrogen-bond acceptors (Lipinski definition) is 3. The van der Waals surface area contributed by atoms with E-state index in [-0.39, 0.29) is 0 Å². The molecule has 3 heterocycles. The van der Waals surface area contributed by atoms with Gasteiger partial charge in [0.15, 0.2) is 0 Å². The van der Waals surface area contributed by atoms with Gasteiger partial charge < -0.3 is 0 Å².